The van der Waals surface area contributed by atoms with Crippen LogP contribution >= 0.6 is 0 Å². The van der Waals surface area contributed by atoms with Crippen LogP contribution in [0.5, 0.6) is 0 Å². The van der Waals surface area contributed by atoms with Crippen molar-refractivity contribution < 1.29 is 14.7 Å². The van der Waals surface area contributed by atoms with Crippen molar-refractivity contribution in [3.8, 4) is 0 Å². The van der Waals surface area contributed by atoms with E-state index >= 15 is 0 Å². The first-order chi connectivity index (χ1) is 18.8. The number of carbonyl (C=O) groups excluding carboxylic acids is 1. The highest BCUT2D eigenvalue weighted by molar-refractivity contribution is 6.00. The standard InChI is InChI=1S/C32H34N4O3/c1-4-25-29(21-8-5-6-9-21)23-13-12-22(19-26(23)35(25)2)30(39)34-32(16-7-17-32)31-33-24-14-10-20(11-15-28(37)38)18-27(24)36(31)3/h4,10-15,18-19,21H,1,5-9,16-17H2,2-3H3,(H,34,39)(H,37,38). The summed E-state index contributed by atoms with van der Waals surface area (Å²) in [6, 6.07) is 11.8. The van der Waals surface area contributed by atoms with Crippen LogP contribution in [0, 0.1) is 0 Å². The third-order valence-corrected chi connectivity index (χ3v) is 8.82. The van der Waals surface area contributed by atoms with Crippen molar-refractivity contribution in [1.29, 1.82) is 0 Å². The number of aryl methyl sites for hydroxylation is 2. The SMILES string of the molecule is C=Cc1c(C2CCCC2)c2ccc(C(=O)NC3(c4nc5ccc(C=CC(=O)O)cc5n4C)CCC3)cc2n1C. The molecule has 2 N–H and O–H groups in total. The predicted octanol–water partition coefficient (Wildman–Crippen LogP) is 6.27. The Morgan fingerprint density at radius 3 is 2.49 bits per heavy atom. The summed E-state index contributed by atoms with van der Waals surface area (Å²) >= 11 is 0. The van der Waals surface area contributed by atoms with Crippen LogP contribution in [0.1, 0.15) is 83.9 Å². The summed E-state index contributed by atoms with van der Waals surface area (Å²) in [6.07, 6.45) is 12.3. The van der Waals surface area contributed by atoms with Crippen LogP contribution in [-0.2, 0) is 24.4 Å². The molecule has 2 fully saturated rings. The predicted molar refractivity (Wildman–Crippen MR) is 155 cm³/mol. The van der Waals surface area contributed by atoms with E-state index in [2.05, 4.69) is 29.6 Å². The molecule has 1 amide bonds. The number of fused-ring (bicyclic) bond motifs is 2. The Balaban J connectivity index is 1.33. The van der Waals surface area contributed by atoms with Crippen LogP contribution in [-0.4, -0.2) is 31.1 Å². The maximum atomic E-state index is 13.7. The number of carboxylic acids is 1. The highest BCUT2D eigenvalue weighted by atomic mass is 16.4. The molecule has 4 aromatic rings. The van der Waals surface area contributed by atoms with Gasteiger partial charge < -0.3 is 19.6 Å². The number of hydrogen-bond acceptors (Lipinski definition) is 3. The number of amides is 1. The van der Waals surface area contributed by atoms with E-state index in [1.807, 2.05) is 48.0 Å². The Labute approximate surface area is 227 Å². The molecule has 0 unspecified atom stereocenters. The lowest BCUT2D eigenvalue weighted by molar-refractivity contribution is -0.131. The van der Waals surface area contributed by atoms with Crippen LogP contribution < -0.4 is 5.32 Å². The van der Waals surface area contributed by atoms with Crippen LogP contribution in [0.4, 0.5) is 0 Å². The third kappa shape index (κ3) is 4.17. The fraction of sp³-hybridized carbons (Fsp3) is 0.344. The largest absolute Gasteiger partial charge is 0.478 e. The molecule has 2 aromatic carbocycles. The maximum Gasteiger partial charge on any atom is 0.328 e. The number of carboxylic acid groups (broad SMARTS) is 1. The fourth-order valence-corrected chi connectivity index (χ4v) is 6.65. The summed E-state index contributed by atoms with van der Waals surface area (Å²) in [4.78, 5) is 29.5. The van der Waals surface area contributed by atoms with Gasteiger partial charge in [-0.25, -0.2) is 9.78 Å². The molecule has 2 saturated carbocycles. The first kappa shape index (κ1) is 25.2. The molecule has 0 atom stereocenters. The molecule has 0 spiro atoms. The number of benzene rings is 2. The quantitative estimate of drug-likeness (QED) is 0.280. The lowest BCUT2D eigenvalue weighted by Gasteiger charge is -2.41. The minimum absolute atomic E-state index is 0.0995. The maximum absolute atomic E-state index is 13.7. The first-order valence-corrected chi connectivity index (χ1v) is 13.8. The molecular formula is C32H34N4O3. The second-order valence-electron chi connectivity index (χ2n) is 11.1. The molecule has 2 aromatic heterocycles. The van der Waals surface area contributed by atoms with E-state index in [9.17, 15) is 9.59 Å². The summed E-state index contributed by atoms with van der Waals surface area (Å²) in [5, 5.41) is 13.5. The van der Waals surface area contributed by atoms with Crippen LogP contribution in [0.3, 0.4) is 0 Å². The lowest BCUT2D eigenvalue weighted by atomic mass is 9.75. The number of aromatic nitrogens is 3. The van der Waals surface area contributed by atoms with E-state index in [0.29, 0.717) is 11.5 Å². The molecule has 2 aliphatic rings. The van der Waals surface area contributed by atoms with Gasteiger partial charge in [-0.15, -0.1) is 0 Å². The molecule has 0 aliphatic heterocycles. The van der Waals surface area contributed by atoms with Crippen molar-refractivity contribution in [3.05, 3.63) is 77.3 Å². The molecule has 6 rings (SSSR count). The van der Waals surface area contributed by atoms with E-state index in [1.165, 1.54) is 36.6 Å². The van der Waals surface area contributed by atoms with Crippen molar-refractivity contribution >= 4 is 46.0 Å². The second kappa shape index (κ2) is 9.56. The average molecular weight is 523 g/mol. The van der Waals surface area contributed by atoms with Crippen molar-refractivity contribution in [1.82, 2.24) is 19.4 Å². The molecular weight excluding hydrogens is 488 g/mol. The van der Waals surface area contributed by atoms with Gasteiger partial charge in [-0.05, 0) is 85.6 Å². The van der Waals surface area contributed by atoms with Gasteiger partial charge in [0.25, 0.3) is 5.91 Å². The monoisotopic (exact) mass is 522 g/mol. The van der Waals surface area contributed by atoms with Crippen molar-refractivity contribution in [2.75, 3.05) is 0 Å². The zero-order valence-electron chi connectivity index (χ0n) is 22.5. The molecule has 0 radical (unpaired) electrons. The Morgan fingerprint density at radius 2 is 1.82 bits per heavy atom. The van der Waals surface area contributed by atoms with E-state index < -0.39 is 11.5 Å². The molecule has 2 heterocycles. The van der Waals surface area contributed by atoms with Crippen LogP contribution in [0.2, 0.25) is 0 Å². The smallest absolute Gasteiger partial charge is 0.328 e. The first-order valence-electron chi connectivity index (χ1n) is 13.8. The van der Waals surface area contributed by atoms with E-state index in [-0.39, 0.29) is 5.91 Å². The summed E-state index contributed by atoms with van der Waals surface area (Å²) in [7, 11) is 4.02. The summed E-state index contributed by atoms with van der Waals surface area (Å²) in [6.45, 7) is 4.09. The summed E-state index contributed by atoms with van der Waals surface area (Å²) < 4.78 is 4.20. The normalized spacial score (nSPS) is 17.2. The molecule has 0 bridgehead atoms. The van der Waals surface area contributed by atoms with E-state index in [0.717, 1.165) is 59.0 Å². The van der Waals surface area contributed by atoms with E-state index in [4.69, 9.17) is 10.1 Å². The van der Waals surface area contributed by atoms with Gasteiger partial charge in [0.15, 0.2) is 0 Å². The molecule has 7 nitrogen and oxygen atoms in total. The summed E-state index contributed by atoms with van der Waals surface area (Å²) in [5.74, 6) is 0.296. The van der Waals surface area contributed by atoms with Gasteiger partial charge in [0.2, 0.25) is 0 Å². The van der Waals surface area contributed by atoms with Crippen molar-refractivity contribution in [2.45, 2.75) is 56.4 Å². The van der Waals surface area contributed by atoms with Crippen molar-refractivity contribution in [2.24, 2.45) is 14.1 Å². The zero-order chi connectivity index (χ0) is 27.3. The minimum Gasteiger partial charge on any atom is -0.478 e. The van der Waals surface area contributed by atoms with Gasteiger partial charge in [0.05, 0.1) is 16.6 Å². The number of carbonyl (C=O) groups is 2. The minimum atomic E-state index is -0.985. The second-order valence-corrected chi connectivity index (χ2v) is 11.1. The molecule has 200 valence electrons. The average Bonchev–Trinajstić information content (AvgIpc) is 3.62. The Hall–Kier alpha value is -4.13. The van der Waals surface area contributed by atoms with E-state index in [1.54, 1.807) is 6.08 Å². The van der Waals surface area contributed by atoms with Gasteiger partial charge >= 0.3 is 5.97 Å². The Bertz CT molecular complexity index is 1660. The zero-order valence-corrected chi connectivity index (χ0v) is 22.5. The Kier molecular flexibility index (Phi) is 6.17. The van der Waals surface area contributed by atoms with Gasteiger partial charge in [-0.3, -0.25) is 4.79 Å². The van der Waals surface area contributed by atoms with Gasteiger partial charge in [-0.2, -0.15) is 0 Å². The molecule has 7 heteroatoms. The number of nitrogens with zero attached hydrogens (tertiary/aromatic N) is 3. The Morgan fingerprint density at radius 1 is 1.05 bits per heavy atom. The molecule has 2 aliphatic carbocycles. The molecule has 0 saturated heterocycles. The van der Waals surface area contributed by atoms with Crippen LogP contribution in [0.15, 0.2) is 49.1 Å². The molecule has 39 heavy (non-hydrogen) atoms. The number of nitrogens with one attached hydrogen (secondary N) is 1. The number of aliphatic carboxylic acids is 1. The highest BCUT2D eigenvalue weighted by Crippen LogP contribution is 2.43. The van der Waals surface area contributed by atoms with Gasteiger partial charge in [0.1, 0.15) is 5.82 Å². The third-order valence-electron chi connectivity index (χ3n) is 8.82. The van der Waals surface area contributed by atoms with Gasteiger partial charge in [-0.1, -0.05) is 31.6 Å². The summed E-state index contributed by atoms with van der Waals surface area (Å²) in [5.41, 5.74) is 6.21. The number of hydrogen-bond donors (Lipinski definition) is 2. The highest BCUT2D eigenvalue weighted by Gasteiger charge is 2.44. The van der Waals surface area contributed by atoms with Crippen LogP contribution in [0.25, 0.3) is 34.1 Å². The fourth-order valence-electron chi connectivity index (χ4n) is 6.65. The van der Waals surface area contributed by atoms with Gasteiger partial charge in [0, 0.05) is 42.3 Å². The number of rotatable bonds is 7. The topological polar surface area (TPSA) is 89.2 Å². The number of imidazole rings is 1. The van der Waals surface area contributed by atoms with Crippen molar-refractivity contribution in [3.63, 3.8) is 0 Å². The lowest BCUT2D eigenvalue weighted by Crippen LogP contribution is -2.52.